The third-order valence-electron chi connectivity index (χ3n) is 2.87. The van der Waals surface area contributed by atoms with Gasteiger partial charge < -0.3 is 15.2 Å². The molecule has 5 heteroatoms. The molecule has 0 spiro atoms. The van der Waals surface area contributed by atoms with E-state index >= 15 is 0 Å². The largest absolute Gasteiger partial charge is 0.494 e. The summed E-state index contributed by atoms with van der Waals surface area (Å²) in [4.78, 5) is 14.8. The molecule has 0 bridgehead atoms. The predicted octanol–water partition coefficient (Wildman–Crippen LogP) is 3.18. The molecule has 2 aromatic rings. The van der Waals surface area contributed by atoms with Crippen molar-refractivity contribution in [3.8, 4) is 5.75 Å². The summed E-state index contributed by atoms with van der Waals surface area (Å²) in [5, 5.41) is 12.0. The van der Waals surface area contributed by atoms with Crippen molar-refractivity contribution in [2.24, 2.45) is 0 Å². The third kappa shape index (κ3) is 4.49. The van der Waals surface area contributed by atoms with Crippen LogP contribution in [0.1, 0.15) is 29.4 Å². The second-order valence-corrected chi connectivity index (χ2v) is 4.57. The van der Waals surface area contributed by atoms with E-state index in [-0.39, 0.29) is 5.56 Å². The monoisotopic (exact) mass is 286 g/mol. The molecule has 1 heterocycles. The van der Waals surface area contributed by atoms with Gasteiger partial charge in [0.05, 0.1) is 24.4 Å². The molecule has 0 aliphatic carbocycles. The minimum atomic E-state index is -0.968. The highest BCUT2D eigenvalue weighted by atomic mass is 16.5. The van der Waals surface area contributed by atoms with E-state index < -0.39 is 5.97 Å². The van der Waals surface area contributed by atoms with Crippen LogP contribution < -0.4 is 10.1 Å². The summed E-state index contributed by atoms with van der Waals surface area (Å²) in [6.45, 7) is 3.32. The van der Waals surface area contributed by atoms with Crippen LogP contribution in [-0.2, 0) is 6.54 Å². The van der Waals surface area contributed by atoms with Crippen molar-refractivity contribution < 1.29 is 14.6 Å². The first kappa shape index (κ1) is 14.8. The second-order valence-electron chi connectivity index (χ2n) is 4.57. The lowest BCUT2D eigenvalue weighted by Crippen LogP contribution is -2.03. The molecule has 110 valence electrons. The Bertz CT molecular complexity index is 579. The van der Waals surface area contributed by atoms with Crippen LogP contribution in [0.3, 0.4) is 0 Å². The second kappa shape index (κ2) is 7.28. The molecular formula is C16H18N2O3. The molecule has 0 amide bonds. The molecule has 0 radical (unpaired) electrons. The molecular weight excluding hydrogens is 268 g/mol. The van der Waals surface area contributed by atoms with Crippen LogP contribution in [0.15, 0.2) is 42.6 Å². The molecule has 2 rings (SSSR count). The molecule has 5 nitrogen and oxygen atoms in total. The van der Waals surface area contributed by atoms with Crippen LogP contribution in [0.4, 0.5) is 5.69 Å². The summed E-state index contributed by atoms with van der Waals surface area (Å²) in [5.41, 5.74) is 1.94. The van der Waals surface area contributed by atoms with Gasteiger partial charge >= 0.3 is 5.97 Å². The van der Waals surface area contributed by atoms with E-state index in [2.05, 4.69) is 17.2 Å². The van der Waals surface area contributed by atoms with E-state index in [4.69, 9.17) is 9.84 Å². The van der Waals surface area contributed by atoms with Gasteiger partial charge in [-0.2, -0.15) is 0 Å². The fourth-order valence-electron chi connectivity index (χ4n) is 1.74. The Morgan fingerprint density at radius 2 is 2.00 bits per heavy atom. The van der Waals surface area contributed by atoms with Crippen molar-refractivity contribution >= 4 is 11.7 Å². The lowest BCUT2D eigenvalue weighted by Gasteiger charge is -2.08. The van der Waals surface area contributed by atoms with Gasteiger partial charge in [-0.3, -0.25) is 4.98 Å². The molecule has 0 atom stereocenters. The zero-order valence-electron chi connectivity index (χ0n) is 11.9. The minimum Gasteiger partial charge on any atom is -0.494 e. The number of nitrogens with zero attached hydrogens (tertiary/aromatic N) is 1. The maximum absolute atomic E-state index is 10.7. The number of aromatic nitrogens is 1. The number of aromatic carboxylic acids is 1. The van der Waals surface area contributed by atoms with Gasteiger partial charge in [0.25, 0.3) is 0 Å². The predicted molar refractivity (Wildman–Crippen MR) is 80.8 cm³/mol. The normalized spacial score (nSPS) is 10.1. The highest BCUT2D eigenvalue weighted by molar-refractivity contribution is 5.87. The maximum atomic E-state index is 10.7. The Morgan fingerprint density at radius 1 is 1.24 bits per heavy atom. The smallest absolute Gasteiger partial charge is 0.337 e. The first-order valence-corrected chi connectivity index (χ1v) is 6.84. The Labute approximate surface area is 123 Å². The standard InChI is InChI=1S/C16H18N2O3/c1-2-9-21-15-7-5-13(6-8-15)18-11-14-4-3-12(10-17-14)16(19)20/h3-8,10,18H,2,9,11H2,1H3,(H,19,20). The number of carboxylic acid groups (broad SMARTS) is 1. The molecule has 1 aromatic carbocycles. The molecule has 0 aliphatic rings. The van der Waals surface area contributed by atoms with Crippen LogP contribution in [0, 0.1) is 0 Å². The molecule has 1 aromatic heterocycles. The van der Waals surface area contributed by atoms with Crippen LogP contribution in [0.25, 0.3) is 0 Å². The van der Waals surface area contributed by atoms with Crippen molar-refractivity contribution in [1.29, 1.82) is 0 Å². The van der Waals surface area contributed by atoms with Gasteiger partial charge in [-0.25, -0.2) is 4.79 Å². The summed E-state index contributed by atoms with van der Waals surface area (Å²) in [7, 11) is 0. The van der Waals surface area contributed by atoms with Gasteiger partial charge in [-0.05, 0) is 42.8 Å². The van der Waals surface area contributed by atoms with Gasteiger partial charge in [-0.1, -0.05) is 6.92 Å². The fraction of sp³-hybridized carbons (Fsp3) is 0.250. The third-order valence-corrected chi connectivity index (χ3v) is 2.87. The van der Waals surface area contributed by atoms with Gasteiger partial charge in [0, 0.05) is 11.9 Å². The first-order valence-electron chi connectivity index (χ1n) is 6.84. The number of carboxylic acids is 1. The van der Waals surface area contributed by atoms with E-state index in [0.717, 1.165) is 23.6 Å². The number of pyridine rings is 1. The van der Waals surface area contributed by atoms with Crippen molar-refractivity contribution in [1.82, 2.24) is 4.98 Å². The first-order chi connectivity index (χ1) is 10.2. The van der Waals surface area contributed by atoms with Crippen molar-refractivity contribution in [2.45, 2.75) is 19.9 Å². The van der Waals surface area contributed by atoms with Crippen LogP contribution in [-0.4, -0.2) is 22.7 Å². The van der Waals surface area contributed by atoms with Gasteiger partial charge in [0.2, 0.25) is 0 Å². The topological polar surface area (TPSA) is 71.5 Å². The Hall–Kier alpha value is -2.56. The molecule has 0 saturated carbocycles. The van der Waals surface area contributed by atoms with Crippen molar-refractivity contribution in [3.63, 3.8) is 0 Å². The minimum absolute atomic E-state index is 0.191. The Kier molecular flexibility index (Phi) is 5.15. The van der Waals surface area contributed by atoms with E-state index in [0.29, 0.717) is 13.2 Å². The van der Waals surface area contributed by atoms with Gasteiger partial charge in [0.1, 0.15) is 5.75 Å². The highest BCUT2D eigenvalue weighted by Gasteiger charge is 2.03. The number of carbonyl (C=O) groups is 1. The summed E-state index contributed by atoms with van der Waals surface area (Å²) in [5.74, 6) is -0.115. The quantitative estimate of drug-likeness (QED) is 0.818. The molecule has 0 aliphatic heterocycles. The van der Waals surface area contributed by atoms with E-state index in [1.807, 2.05) is 24.3 Å². The molecule has 0 unspecified atom stereocenters. The lowest BCUT2D eigenvalue weighted by atomic mass is 10.2. The van der Waals surface area contributed by atoms with Crippen molar-refractivity contribution in [2.75, 3.05) is 11.9 Å². The van der Waals surface area contributed by atoms with Crippen LogP contribution in [0.5, 0.6) is 5.75 Å². The van der Waals surface area contributed by atoms with Gasteiger partial charge in [0.15, 0.2) is 0 Å². The van der Waals surface area contributed by atoms with Crippen LogP contribution >= 0.6 is 0 Å². The Balaban J connectivity index is 1.88. The summed E-state index contributed by atoms with van der Waals surface area (Å²) in [6, 6.07) is 11.0. The number of benzene rings is 1. The van der Waals surface area contributed by atoms with E-state index in [1.165, 1.54) is 6.20 Å². The molecule has 2 N–H and O–H groups in total. The van der Waals surface area contributed by atoms with Crippen molar-refractivity contribution in [3.05, 3.63) is 53.9 Å². The summed E-state index contributed by atoms with van der Waals surface area (Å²) >= 11 is 0. The fourth-order valence-corrected chi connectivity index (χ4v) is 1.74. The lowest BCUT2D eigenvalue weighted by molar-refractivity contribution is 0.0696. The maximum Gasteiger partial charge on any atom is 0.337 e. The average molecular weight is 286 g/mol. The SMILES string of the molecule is CCCOc1ccc(NCc2ccc(C(=O)O)cn2)cc1. The zero-order valence-corrected chi connectivity index (χ0v) is 11.9. The summed E-state index contributed by atoms with van der Waals surface area (Å²) in [6.07, 6.45) is 2.35. The number of hydrogen-bond acceptors (Lipinski definition) is 4. The van der Waals surface area contributed by atoms with E-state index in [1.54, 1.807) is 12.1 Å². The zero-order chi connectivity index (χ0) is 15.1. The molecule has 0 saturated heterocycles. The number of ether oxygens (including phenoxy) is 1. The highest BCUT2D eigenvalue weighted by Crippen LogP contribution is 2.16. The van der Waals surface area contributed by atoms with Gasteiger partial charge in [-0.15, -0.1) is 0 Å². The number of nitrogens with one attached hydrogen (secondary N) is 1. The van der Waals surface area contributed by atoms with E-state index in [9.17, 15) is 4.79 Å². The summed E-state index contributed by atoms with van der Waals surface area (Å²) < 4.78 is 5.51. The van der Waals surface area contributed by atoms with Crippen LogP contribution in [0.2, 0.25) is 0 Å². The number of anilines is 1. The average Bonchev–Trinajstić information content (AvgIpc) is 2.52. The number of rotatable bonds is 7. The Morgan fingerprint density at radius 3 is 2.57 bits per heavy atom. The molecule has 21 heavy (non-hydrogen) atoms. The molecule has 0 fully saturated rings. The number of hydrogen-bond donors (Lipinski definition) is 2.